The van der Waals surface area contributed by atoms with Crippen molar-refractivity contribution in [2.24, 2.45) is 0 Å². The average molecular weight is 372 g/mol. The molecule has 1 aliphatic rings. The summed E-state index contributed by atoms with van der Waals surface area (Å²) < 4.78 is 14.9. The first-order chi connectivity index (χ1) is 13.1. The van der Waals surface area contributed by atoms with Crippen molar-refractivity contribution in [3.8, 4) is 0 Å². The molecule has 0 saturated heterocycles. The number of hydrogen-bond donors (Lipinski definition) is 2. The second-order valence-electron chi connectivity index (χ2n) is 6.76. The summed E-state index contributed by atoms with van der Waals surface area (Å²) in [5, 5.41) is 5.63. The van der Waals surface area contributed by atoms with Crippen molar-refractivity contribution in [1.29, 1.82) is 0 Å². The molecule has 0 fully saturated rings. The molecule has 1 aliphatic heterocycles. The topological polar surface area (TPSA) is 76.0 Å². The van der Waals surface area contributed by atoms with Crippen LogP contribution in [0.25, 0.3) is 0 Å². The normalized spacial score (nSPS) is 13.1. The Bertz CT molecular complexity index is 814. The molecule has 0 unspecified atom stereocenters. The van der Waals surface area contributed by atoms with Crippen LogP contribution in [-0.4, -0.2) is 27.9 Å². The Morgan fingerprint density at radius 3 is 2.67 bits per heavy atom. The van der Waals surface area contributed by atoms with Crippen LogP contribution < -0.4 is 10.6 Å². The van der Waals surface area contributed by atoms with Gasteiger partial charge in [0.15, 0.2) is 11.5 Å². The third-order valence-electron chi connectivity index (χ3n) is 4.70. The number of anilines is 1. The van der Waals surface area contributed by atoms with E-state index in [9.17, 15) is 14.0 Å². The zero-order chi connectivity index (χ0) is 19.2. The predicted octanol–water partition coefficient (Wildman–Crippen LogP) is 3.53. The van der Waals surface area contributed by atoms with E-state index in [-0.39, 0.29) is 23.3 Å². The summed E-state index contributed by atoms with van der Waals surface area (Å²) in [5.74, 6) is -0.688. The molecule has 1 aromatic carbocycles. The maximum atomic E-state index is 13.0. The molecular weight excluding hydrogens is 347 g/mol. The van der Waals surface area contributed by atoms with Gasteiger partial charge in [0.2, 0.25) is 0 Å². The molecule has 0 atom stereocenters. The number of carbonyl (C=O) groups is 2. The number of imidazole rings is 1. The Hall–Kier alpha value is -2.70. The fourth-order valence-electron chi connectivity index (χ4n) is 3.28. The van der Waals surface area contributed by atoms with Crippen LogP contribution in [0.2, 0.25) is 0 Å². The first-order valence-electron chi connectivity index (χ1n) is 9.54. The lowest BCUT2D eigenvalue weighted by molar-refractivity contribution is 0.0937. The summed E-state index contributed by atoms with van der Waals surface area (Å²) in [6.45, 7) is 3.40. The summed E-state index contributed by atoms with van der Waals surface area (Å²) in [6, 6.07) is 5.56. The molecular formula is C20H25FN4O2. The maximum Gasteiger partial charge on any atom is 0.287 e. The predicted molar refractivity (Wildman–Crippen MR) is 101 cm³/mol. The van der Waals surface area contributed by atoms with Crippen LogP contribution in [0.5, 0.6) is 0 Å². The van der Waals surface area contributed by atoms with Gasteiger partial charge in [-0.1, -0.05) is 19.8 Å². The number of benzene rings is 1. The van der Waals surface area contributed by atoms with Crippen molar-refractivity contribution < 1.29 is 14.0 Å². The van der Waals surface area contributed by atoms with Crippen LogP contribution in [0.4, 0.5) is 10.1 Å². The van der Waals surface area contributed by atoms with E-state index in [0.717, 1.165) is 37.8 Å². The number of unbranched alkanes of at least 4 members (excludes halogenated alkanes) is 2. The zero-order valence-corrected chi connectivity index (χ0v) is 15.6. The number of hydrogen-bond acceptors (Lipinski definition) is 3. The highest BCUT2D eigenvalue weighted by molar-refractivity contribution is 6.05. The van der Waals surface area contributed by atoms with Crippen molar-refractivity contribution in [2.75, 3.05) is 11.9 Å². The number of rotatable bonds is 7. The molecule has 7 heteroatoms. The van der Waals surface area contributed by atoms with Gasteiger partial charge in [-0.25, -0.2) is 9.37 Å². The maximum absolute atomic E-state index is 13.0. The number of amides is 2. The van der Waals surface area contributed by atoms with Gasteiger partial charge in [-0.2, -0.15) is 0 Å². The summed E-state index contributed by atoms with van der Waals surface area (Å²) in [7, 11) is 0. The van der Waals surface area contributed by atoms with Crippen LogP contribution in [0, 0.1) is 5.82 Å². The van der Waals surface area contributed by atoms with E-state index in [1.54, 1.807) is 0 Å². The number of fused-ring (bicyclic) bond motifs is 1. The zero-order valence-electron chi connectivity index (χ0n) is 15.6. The molecule has 144 valence electrons. The van der Waals surface area contributed by atoms with Crippen LogP contribution in [0.3, 0.4) is 0 Å². The van der Waals surface area contributed by atoms with E-state index in [2.05, 4.69) is 22.5 Å². The van der Waals surface area contributed by atoms with Crippen molar-refractivity contribution in [2.45, 2.75) is 52.0 Å². The molecule has 2 aromatic rings. The minimum absolute atomic E-state index is 0.241. The highest BCUT2D eigenvalue weighted by atomic mass is 19.1. The lowest BCUT2D eigenvalue weighted by Crippen LogP contribution is -2.28. The third kappa shape index (κ3) is 4.53. The van der Waals surface area contributed by atoms with Crippen molar-refractivity contribution in [3.63, 3.8) is 0 Å². The second kappa shape index (κ2) is 8.79. The molecule has 0 spiro atoms. The standard InChI is InChI=1S/C20H25FN4O2/c1-2-3-5-12-22-20(27)18-24-17(16-7-4-6-13-25(16)18)19(26)23-15-10-8-14(21)9-11-15/h8-11H,2-7,12-13H2,1H3,(H,22,27)(H,23,26). The second-order valence-corrected chi connectivity index (χ2v) is 6.76. The van der Waals surface area contributed by atoms with Crippen LogP contribution in [-0.2, 0) is 13.0 Å². The van der Waals surface area contributed by atoms with Gasteiger partial charge in [0, 0.05) is 18.8 Å². The highest BCUT2D eigenvalue weighted by Gasteiger charge is 2.27. The largest absolute Gasteiger partial charge is 0.349 e. The van der Waals surface area contributed by atoms with Crippen molar-refractivity contribution in [1.82, 2.24) is 14.9 Å². The Morgan fingerprint density at radius 1 is 1.15 bits per heavy atom. The van der Waals surface area contributed by atoms with E-state index in [0.29, 0.717) is 31.0 Å². The molecule has 0 saturated carbocycles. The van der Waals surface area contributed by atoms with Gasteiger partial charge in [0.25, 0.3) is 11.8 Å². The Kier molecular flexibility index (Phi) is 6.21. The molecule has 6 nitrogen and oxygen atoms in total. The molecule has 2 heterocycles. The van der Waals surface area contributed by atoms with Crippen LogP contribution >= 0.6 is 0 Å². The number of halogens is 1. The van der Waals surface area contributed by atoms with E-state index in [4.69, 9.17) is 0 Å². The van der Waals surface area contributed by atoms with Gasteiger partial charge in [-0.15, -0.1) is 0 Å². The van der Waals surface area contributed by atoms with E-state index < -0.39 is 0 Å². The number of nitrogens with one attached hydrogen (secondary N) is 2. The van der Waals surface area contributed by atoms with Gasteiger partial charge in [-0.05, 0) is 49.9 Å². The van der Waals surface area contributed by atoms with Gasteiger partial charge in [0.05, 0.1) is 5.69 Å². The van der Waals surface area contributed by atoms with Crippen molar-refractivity contribution >= 4 is 17.5 Å². The van der Waals surface area contributed by atoms with Crippen LogP contribution in [0.1, 0.15) is 65.8 Å². The minimum Gasteiger partial charge on any atom is -0.349 e. The SMILES string of the molecule is CCCCCNC(=O)c1nc(C(=O)Nc2ccc(F)cc2)c2n1CCCC2. The fourth-order valence-corrected chi connectivity index (χ4v) is 3.28. The monoisotopic (exact) mass is 372 g/mol. The Morgan fingerprint density at radius 2 is 1.93 bits per heavy atom. The van der Waals surface area contributed by atoms with Gasteiger partial charge in [0.1, 0.15) is 5.82 Å². The smallest absolute Gasteiger partial charge is 0.287 e. The molecule has 2 amide bonds. The third-order valence-corrected chi connectivity index (χ3v) is 4.70. The first kappa shape index (κ1) is 19.1. The summed E-state index contributed by atoms with van der Waals surface area (Å²) >= 11 is 0. The number of nitrogens with zero attached hydrogens (tertiary/aromatic N) is 2. The van der Waals surface area contributed by atoms with Gasteiger partial charge >= 0.3 is 0 Å². The lowest BCUT2D eigenvalue weighted by atomic mass is 10.1. The fraction of sp³-hybridized carbons (Fsp3) is 0.450. The lowest BCUT2D eigenvalue weighted by Gasteiger charge is -2.17. The quantitative estimate of drug-likeness (QED) is 0.730. The molecule has 0 bridgehead atoms. The number of aromatic nitrogens is 2. The molecule has 27 heavy (non-hydrogen) atoms. The van der Waals surface area contributed by atoms with E-state index in [1.807, 2.05) is 4.57 Å². The Labute approximate surface area is 158 Å². The van der Waals surface area contributed by atoms with Gasteiger partial charge in [-0.3, -0.25) is 9.59 Å². The molecule has 0 radical (unpaired) electrons. The molecule has 2 N–H and O–H groups in total. The number of carbonyl (C=O) groups excluding carboxylic acids is 2. The minimum atomic E-state index is -0.378. The van der Waals surface area contributed by atoms with Crippen molar-refractivity contribution in [3.05, 3.63) is 47.3 Å². The summed E-state index contributed by atoms with van der Waals surface area (Å²) in [6.07, 6.45) is 5.70. The van der Waals surface area contributed by atoms with Gasteiger partial charge < -0.3 is 15.2 Å². The molecule has 0 aliphatic carbocycles. The summed E-state index contributed by atoms with van der Waals surface area (Å²) in [5.41, 5.74) is 1.56. The van der Waals surface area contributed by atoms with E-state index in [1.165, 1.54) is 24.3 Å². The first-order valence-corrected chi connectivity index (χ1v) is 9.54. The highest BCUT2D eigenvalue weighted by Crippen LogP contribution is 2.22. The van der Waals surface area contributed by atoms with Crippen LogP contribution in [0.15, 0.2) is 24.3 Å². The summed E-state index contributed by atoms with van der Waals surface area (Å²) in [4.78, 5) is 29.6. The Balaban J connectivity index is 1.78. The molecule has 1 aromatic heterocycles. The van der Waals surface area contributed by atoms with E-state index >= 15 is 0 Å². The molecule has 3 rings (SSSR count). The average Bonchev–Trinajstić information content (AvgIpc) is 3.07.